The topological polar surface area (TPSA) is 95.9 Å². The number of aliphatic carboxylic acids is 1. The molecule has 1 fully saturated rings. The molecule has 0 aromatic heterocycles. The van der Waals surface area contributed by atoms with Gasteiger partial charge in [0.1, 0.15) is 12.6 Å². The second-order valence-electron chi connectivity index (χ2n) is 9.42. The summed E-state index contributed by atoms with van der Waals surface area (Å²) in [6.45, 7) is 2.76. The molecule has 1 heterocycles. The van der Waals surface area contributed by atoms with Crippen molar-refractivity contribution in [1.29, 1.82) is 0 Å². The van der Waals surface area contributed by atoms with Crippen molar-refractivity contribution in [3.05, 3.63) is 59.7 Å². The predicted octanol–water partition coefficient (Wildman–Crippen LogP) is 4.94. The van der Waals surface area contributed by atoms with Crippen LogP contribution in [0.1, 0.15) is 68.9 Å². The van der Waals surface area contributed by atoms with E-state index in [0.29, 0.717) is 19.4 Å². The lowest BCUT2D eigenvalue weighted by molar-refractivity contribution is -0.141. The van der Waals surface area contributed by atoms with Gasteiger partial charge in [0.05, 0.1) is 0 Å². The second-order valence-corrected chi connectivity index (χ2v) is 9.42. The molecule has 7 nitrogen and oxygen atoms in total. The van der Waals surface area contributed by atoms with Gasteiger partial charge in [0.2, 0.25) is 5.91 Å². The fourth-order valence-electron chi connectivity index (χ4n) is 5.41. The monoisotopic (exact) mass is 478 g/mol. The molecule has 2 N–H and O–H groups in total. The number of carboxylic acids is 1. The Morgan fingerprint density at radius 3 is 2.34 bits per heavy atom. The molecule has 1 unspecified atom stereocenters. The van der Waals surface area contributed by atoms with Crippen molar-refractivity contribution in [2.45, 2.75) is 69.9 Å². The fraction of sp³-hybridized carbons (Fsp3) is 0.464. The number of carbonyl (C=O) groups is 3. The Kier molecular flexibility index (Phi) is 8.06. The fourth-order valence-corrected chi connectivity index (χ4v) is 5.41. The minimum atomic E-state index is -0.857. The van der Waals surface area contributed by atoms with Gasteiger partial charge in [0.25, 0.3) is 0 Å². The molecular formula is C28H34N2O5. The van der Waals surface area contributed by atoms with E-state index in [4.69, 9.17) is 9.84 Å². The number of likely N-dealkylation sites (tertiary alicyclic amines) is 1. The number of nitrogens with one attached hydrogen (secondary N) is 1. The summed E-state index contributed by atoms with van der Waals surface area (Å²) in [5, 5.41) is 11.9. The summed E-state index contributed by atoms with van der Waals surface area (Å²) in [6.07, 6.45) is 3.77. The molecule has 2 aromatic carbocycles. The Bertz CT molecular complexity index is 1020. The lowest BCUT2D eigenvalue weighted by Crippen LogP contribution is -2.53. The van der Waals surface area contributed by atoms with Crippen molar-refractivity contribution in [2.75, 3.05) is 13.2 Å². The molecule has 0 saturated carbocycles. The average Bonchev–Trinajstić information content (AvgIpc) is 3.19. The smallest absolute Gasteiger partial charge is 0.407 e. The van der Waals surface area contributed by atoms with Crippen molar-refractivity contribution < 1.29 is 24.2 Å². The zero-order chi connectivity index (χ0) is 24.8. The van der Waals surface area contributed by atoms with Gasteiger partial charge >= 0.3 is 12.1 Å². The third-order valence-electron chi connectivity index (χ3n) is 7.11. The highest BCUT2D eigenvalue weighted by Gasteiger charge is 2.33. The first-order chi connectivity index (χ1) is 17.0. The first kappa shape index (κ1) is 24.8. The van der Waals surface area contributed by atoms with Crippen LogP contribution in [0.4, 0.5) is 4.79 Å². The summed E-state index contributed by atoms with van der Waals surface area (Å²) >= 11 is 0. The highest BCUT2D eigenvalue weighted by molar-refractivity contribution is 5.86. The van der Waals surface area contributed by atoms with E-state index in [2.05, 4.69) is 29.6 Å². The van der Waals surface area contributed by atoms with Crippen LogP contribution in [0.5, 0.6) is 0 Å². The van der Waals surface area contributed by atoms with Crippen molar-refractivity contribution in [2.24, 2.45) is 0 Å². The molecule has 2 atom stereocenters. The zero-order valence-corrected chi connectivity index (χ0v) is 20.2. The molecule has 1 aliphatic heterocycles. The Morgan fingerprint density at radius 2 is 1.71 bits per heavy atom. The van der Waals surface area contributed by atoms with Crippen LogP contribution in [0.2, 0.25) is 0 Å². The van der Waals surface area contributed by atoms with E-state index in [1.807, 2.05) is 31.2 Å². The maximum atomic E-state index is 13.4. The molecule has 2 aliphatic rings. The summed E-state index contributed by atoms with van der Waals surface area (Å²) in [7, 11) is 0. The molecular weight excluding hydrogens is 444 g/mol. The first-order valence-corrected chi connectivity index (χ1v) is 12.6. The van der Waals surface area contributed by atoms with E-state index in [-0.39, 0.29) is 30.9 Å². The molecule has 35 heavy (non-hydrogen) atoms. The molecule has 0 bridgehead atoms. The summed E-state index contributed by atoms with van der Waals surface area (Å²) < 4.78 is 5.66. The summed E-state index contributed by atoms with van der Waals surface area (Å²) in [5.74, 6) is -1.05. The zero-order valence-electron chi connectivity index (χ0n) is 20.2. The van der Waals surface area contributed by atoms with Crippen LogP contribution in [0, 0.1) is 0 Å². The van der Waals surface area contributed by atoms with E-state index in [0.717, 1.165) is 47.9 Å². The van der Waals surface area contributed by atoms with Gasteiger partial charge < -0.3 is 20.1 Å². The second kappa shape index (κ2) is 11.4. The van der Waals surface area contributed by atoms with Gasteiger partial charge in [-0.15, -0.1) is 0 Å². The number of ether oxygens (including phenoxy) is 1. The van der Waals surface area contributed by atoms with Crippen molar-refractivity contribution in [3.63, 3.8) is 0 Å². The largest absolute Gasteiger partial charge is 0.481 e. The van der Waals surface area contributed by atoms with Crippen LogP contribution in [0.15, 0.2) is 48.5 Å². The van der Waals surface area contributed by atoms with Gasteiger partial charge in [-0.1, -0.05) is 61.9 Å². The van der Waals surface area contributed by atoms with Crippen LogP contribution in [0.3, 0.4) is 0 Å². The maximum absolute atomic E-state index is 13.4. The number of carboxylic acid groups (broad SMARTS) is 1. The van der Waals surface area contributed by atoms with Gasteiger partial charge in [0, 0.05) is 24.9 Å². The molecule has 1 aliphatic carbocycles. The van der Waals surface area contributed by atoms with Crippen LogP contribution >= 0.6 is 0 Å². The third kappa shape index (κ3) is 5.66. The SMILES string of the molecule is CCC[C@@H](NC(=O)OCC1c2ccccc2-c2ccccc21)C(=O)N1CCCCC1CCC(=O)O. The highest BCUT2D eigenvalue weighted by atomic mass is 16.5. The van der Waals surface area contributed by atoms with Crippen molar-refractivity contribution in [3.8, 4) is 11.1 Å². The van der Waals surface area contributed by atoms with Crippen LogP contribution in [-0.4, -0.2) is 53.2 Å². The van der Waals surface area contributed by atoms with Gasteiger partial charge in [-0.2, -0.15) is 0 Å². The number of hydrogen-bond donors (Lipinski definition) is 2. The molecule has 4 rings (SSSR count). The molecule has 2 amide bonds. The number of hydrogen-bond acceptors (Lipinski definition) is 4. The predicted molar refractivity (Wildman–Crippen MR) is 133 cm³/mol. The standard InChI is InChI=1S/C28H34N2O5/c1-2-9-25(27(33)30-17-8-7-10-19(30)15-16-26(31)32)29-28(34)35-18-24-22-13-5-3-11-20(22)21-12-4-6-14-23(21)24/h3-6,11-14,19,24-25H,2,7-10,15-18H2,1H3,(H,29,34)(H,31,32)/t19?,25-/m1/s1. The van der Waals surface area contributed by atoms with E-state index in [1.54, 1.807) is 4.90 Å². The van der Waals surface area contributed by atoms with Gasteiger partial charge in [0.15, 0.2) is 0 Å². The van der Waals surface area contributed by atoms with E-state index in [1.165, 1.54) is 0 Å². The minimum absolute atomic E-state index is 0.0344. The number of carbonyl (C=O) groups excluding carboxylic acids is 2. The molecule has 7 heteroatoms. The van der Waals surface area contributed by atoms with E-state index < -0.39 is 18.1 Å². The minimum Gasteiger partial charge on any atom is -0.481 e. The average molecular weight is 479 g/mol. The summed E-state index contributed by atoms with van der Waals surface area (Å²) in [4.78, 5) is 39.0. The Hall–Kier alpha value is -3.35. The molecule has 186 valence electrons. The number of alkyl carbamates (subject to hydrolysis) is 1. The number of piperidine rings is 1. The molecule has 0 radical (unpaired) electrons. The number of fused-ring (bicyclic) bond motifs is 3. The van der Waals surface area contributed by atoms with Gasteiger partial charge in [-0.3, -0.25) is 9.59 Å². The highest BCUT2D eigenvalue weighted by Crippen LogP contribution is 2.44. The maximum Gasteiger partial charge on any atom is 0.407 e. The normalized spacial score (nSPS) is 17.9. The third-order valence-corrected chi connectivity index (χ3v) is 7.11. The van der Waals surface area contributed by atoms with Gasteiger partial charge in [-0.05, 0) is 54.4 Å². The Labute approximate surface area is 206 Å². The number of benzene rings is 2. The van der Waals surface area contributed by atoms with Gasteiger partial charge in [-0.25, -0.2) is 4.79 Å². The Morgan fingerprint density at radius 1 is 1.06 bits per heavy atom. The summed E-state index contributed by atoms with van der Waals surface area (Å²) in [6, 6.07) is 15.5. The number of rotatable bonds is 9. The van der Waals surface area contributed by atoms with Crippen LogP contribution in [-0.2, 0) is 14.3 Å². The quantitative estimate of drug-likeness (QED) is 0.532. The van der Waals surface area contributed by atoms with E-state index >= 15 is 0 Å². The van der Waals surface area contributed by atoms with Crippen LogP contribution in [0.25, 0.3) is 11.1 Å². The first-order valence-electron chi connectivity index (χ1n) is 12.6. The lowest BCUT2D eigenvalue weighted by Gasteiger charge is -2.38. The van der Waals surface area contributed by atoms with E-state index in [9.17, 15) is 14.4 Å². The Balaban J connectivity index is 1.40. The molecule has 0 spiro atoms. The molecule has 2 aromatic rings. The molecule has 1 saturated heterocycles. The lowest BCUT2D eigenvalue weighted by atomic mass is 9.96. The number of amides is 2. The van der Waals surface area contributed by atoms with Crippen molar-refractivity contribution >= 4 is 18.0 Å². The summed E-state index contributed by atoms with van der Waals surface area (Å²) in [5.41, 5.74) is 4.59. The van der Waals surface area contributed by atoms with Crippen molar-refractivity contribution in [1.82, 2.24) is 10.2 Å². The number of nitrogens with zero attached hydrogens (tertiary/aromatic N) is 1. The van der Waals surface area contributed by atoms with Crippen LogP contribution < -0.4 is 5.32 Å².